The van der Waals surface area contributed by atoms with Gasteiger partial charge in [0.25, 0.3) is 0 Å². The van der Waals surface area contributed by atoms with Crippen LogP contribution in [0.2, 0.25) is 0 Å². The van der Waals surface area contributed by atoms with Crippen molar-refractivity contribution in [3.63, 3.8) is 0 Å². The van der Waals surface area contributed by atoms with Crippen LogP contribution in [0.1, 0.15) is 40.5 Å². The fraction of sp³-hybridized carbons (Fsp3) is 0.917. The topological polar surface area (TPSA) is 26.3 Å². The molecule has 0 saturated carbocycles. The second-order valence-electron chi connectivity index (χ2n) is 5.22. The van der Waals surface area contributed by atoms with Gasteiger partial charge in [-0.3, -0.25) is 4.79 Å². The fourth-order valence-corrected chi connectivity index (χ4v) is 1.94. The van der Waals surface area contributed by atoms with E-state index in [-0.39, 0.29) is 11.3 Å². The number of carbonyl (C=O) groups is 1. The third-order valence-electron chi connectivity index (χ3n) is 3.00. The highest BCUT2D eigenvalue weighted by molar-refractivity contribution is 5.87. The van der Waals surface area contributed by atoms with Crippen LogP contribution in [0, 0.1) is 17.3 Å². The maximum absolute atomic E-state index is 12.0. The zero-order chi connectivity index (χ0) is 10.8. The van der Waals surface area contributed by atoms with Gasteiger partial charge < -0.3 is 4.74 Å². The first-order valence-electron chi connectivity index (χ1n) is 5.60. The molecule has 0 bridgehead atoms. The smallest absolute Gasteiger partial charge is 0.146 e. The van der Waals surface area contributed by atoms with Crippen LogP contribution in [-0.4, -0.2) is 19.0 Å². The predicted molar refractivity (Wildman–Crippen MR) is 57.2 cm³/mol. The minimum atomic E-state index is -0.127. The summed E-state index contributed by atoms with van der Waals surface area (Å²) in [5, 5.41) is 0. The molecule has 82 valence electrons. The van der Waals surface area contributed by atoms with Gasteiger partial charge >= 0.3 is 0 Å². The van der Waals surface area contributed by atoms with Crippen LogP contribution < -0.4 is 0 Å². The number of Topliss-reactive ketones (excluding diaryl/α,β-unsaturated/α-hetero) is 1. The molecule has 0 radical (unpaired) electrons. The van der Waals surface area contributed by atoms with Crippen molar-refractivity contribution in [2.75, 3.05) is 13.2 Å². The van der Waals surface area contributed by atoms with Crippen molar-refractivity contribution in [1.82, 2.24) is 0 Å². The third kappa shape index (κ3) is 2.35. The summed E-state index contributed by atoms with van der Waals surface area (Å²) in [5.74, 6) is 1.21. The van der Waals surface area contributed by atoms with Gasteiger partial charge in [-0.2, -0.15) is 0 Å². The van der Waals surface area contributed by atoms with E-state index in [1.807, 2.05) is 13.8 Å². The minimum Gasteiger partial charge on any atom is -0.379 e. The lowest BCUT2D eigenvalue weighted by Crippen LogP contribution is -2.50. The Balaban J connectivity index is 2.53. The molecule has 1 aliphatic heterocycles. The first-order valence-corrected chi connectivity index (χ1v) is 5.60. The predicted octanol–water partition coefficient (Wildman–Crippen LogP) is 2.66. The molecule has 0 unspecified atom stereocenters. The number of ketones is 1. The first-order chi connectivity index (χ1) is 6.48. The molecular weight excluding hydrogens is 176 g/mol. The van der Waals surface area contributed by atoms with Gasteiger partial charge in [0.1, 0.15) is 5.78 Å². The zero-order valence-corrected chi connectivity index (χ0v) is 9.80. The van der Waals surface area contributed by atoms with Crippen LogP contribution >= 0.6 is 0 Å². The summed E-state index contributed by atoms with van der Waals surface area (Å²) in [6.45, 7) is 9.67. The van der Waals surface area contributed by atoms with Crippen molar-refractivity contribution in [2.24, 2.45) is 17.3 Å². The molecule has 1 fully saturated rings. The van der Waals surface area contributed by atoms with Crippen LogP contribution in [0.25, 0.3) is 0 Å². The lowest BCUT2D eigenvalue weighted by atomic mass is 9.73. The molecule has 0 atom stereocenters. The Morgan fingerprint density at radius 2 is 1.86 bits per heavy atom. The van der Waals surface area contributed by atoms with Gasteiger partial charge in [0.05, 0.1) is 18.6 Å². The number of hydrogen-bond acceptors (Lipinski definition) is 2. The molecule has 0 aromatic heterocycles. The van der Waals surface area contributed by atoms with Crippen molar-refractivity contribution in [3.8, 4) is 0 Å². The Morgan fingerprint density at radius 3 is 2.14 bits per heavy atom. The zero-order valence-electron chi connectivity index (χ0n) is 9.80. The molecule has 0 N–H and O–H groups in total. The summed E-state index contributed by atoms with van der Waals surface area (Å²) in [6, 6.07) is 0. The van der Waals surface area contributed by atoms with Crippen LogP contribution in [-0.2, 0) is 9.53 Å². The Morgan fingerprint density at radius 1 is 1.29 bits per heavy atom. The molecule has 0 aliphatic carbocycles. The molecule has 14 heavy (non-hydrogen) atoms. The van der Waals surface area contributed by atoms with E-state index in [4.69, 9.17) is 4.74 Å². The van der Waals surface area contributed by atoms with Gasteiger partial charge in [-0.1, -0.05) is 27.7 Å². The van der Waals surface area contributed by atoms with Gasteiger partial charge in [0, 0.05) is 5.92 Å². The maximum atomic E-state index is 12.0. The maximum Gasteiger partial charge on any atom is 0.146 e. The molecule has 1 heterocycles. The van der Waals surface area contributed by atoms with Crippen LogP contribution in [0.5, 0.6) is 0 Å². The second-order valence-corrected chi connectivity index (χ2v) is 5.22. The van der Waals surface area contributed by atoms with E-state index in [1.165, 1.54) is 0 Å². The van der Waals surface area contributed by atoms with E-state index in [0.29, 0.717) is 24.9 Å². The van der Waals surface area contributed by atoms with Gasteiger partial charge in [-0.15, -0.1) is 0 Å². The first kappa shape index (κ1) is 11.7. The van der Waals surface area contributed by atoms with Gasteiger partial charge in [0.15, 0.2) is 0 Å². The summed E-state index contributed by atoms with van der Waals surface area (Å²) in [6.07, 6.45) is 2.13. The molecule has 1 saturated heterocycles. The molecule has 0 aromatic carbocycles. The van der Waals surface area contributed by atoms with E-state index in [2.05, 4.69) is 13.8 Å². The Hall–Kier alpha value is -0.370. The second kappa shape index (κ2) is 4.43. The molecule has 0 spiro atoms. The highest BCUT2D eigenvalue weighted by Gasteiger charge is 2.45. The van der Waals surface area contributed by atoms with E-state index in [1.54, 1.807) is 0 Å². The number of ether oxygens (including phenoxy) is 1. The summed E-state index contributed by atoms with van der Waals surface area (Å²) in [5.41, 5.74) is -0.127. The Kier molecular flexibility index (Phi) is 3.71. The fourth-order valence-electron chi connectivity index (χ4n) is 1.94. The van der Waals surface area contributed by atoms with Crippen molar-refractivity contribution in [3.05, 3.63) is 0 Å². The standard InChI is InChI=1S/C12H22O2/c1-9(2)5-6-12(7-14-8-12)11(13)10(3)4/h9-10H,5-8H2,1-4H3. The van der Waals surface area contributed by atoms with Crippen LogP contribution in [0.3, 0.4) is 0 Å². The van der Waals surface area contributed by atoms with Gasteiger partial charge in [0.2, 0.25) is 0 Å². The number of hydrogen-bond donors (Lipinski definition) is 0. The van der Waals surface area contributed by atoms with E-state index in [9.17, 15) is 4.79 Å². The van der Waals surface area contributed by atoms with Crippen molar-refractivity contribution in [1.29, 1.82) is 0 Å². The SMILES string of the molecule is CC(C)CCC1(C(=O)C(C)C)COC1. The van der Waals surface area contributed by atoms with Crippen molar-refractivity contribution >= 4 is 5.78 Å². The molecular formula is C12H22O2. The summed E-state index contributed by atoms with van der Waals surface area (Å²) in [7, 11) is 0. The number of rotatable bonds is 5. The van der Waals surface area contributed by atoms with Crippen molar-refractivity contribution in [2.45, 2.75) is 40.5 Å². The molecule has 0 aromatic rings. The lowest BCUT2D eigenvalue weighted by Gasteiger charge is -2.41. The van der Waals surface area contributed by atoms with Gasteiger partial charge in [-0.25, -0.2) is 0 Å². The largest absolute Gasteiger partial charge is 0.379 e. The summed E-state index contributed by atoms with van der Waals surface area (Å²) >= 11 is 0. The monoisotopic (exact) mass is 198 g/mol. The number of carbonyl (C=O) groups excluding carboxylic acids is 1. The summed E-state index contributed by atoms with van der Waals surface area (Å²) in [4.78, 5) is 12.0. The molecule has 0 amide bonds. The van der Waals surface area contributed by atoms with Crippen LogP contribution in [0.15, 0.2) is 0 Å². The Bertz CT molecular complexity index is 202. The molecule has 1 rings (SSSR count). The average molecular weight is 198 g/mol. The average Bonchev–Trinajstić information content (AvgIpc) is 2.01. The normalized spacial score (nSPS) is 19.9. The highest BCUT2D eigenvalue weighted by Crippen LogP contribution is 2.37. The molecule has 2 nitrogen and oxygen atoms in total. The van der Waals surface area contributed by atoms with E-state index < -0.39 is 0 Å². The molecule has 2 heteroatoms. The van der Waals surface area contributed by atoms with Crippen molar-refractivity contribution < 1.29 is 9.53 Å². The van der Waals surface area contributed by atoms with Crippen LogP contribution in [0.4, 0.5) is 0 Å². The minimum absolute atomic E-state index is 0.127. The van der Waals surface area contributed by atoms with Gasteiger partial charge in [-0.05, 0) is 18.8 Å². The van der Waals surface area contributed by atoms with E-state index in [0.717, 1.165) is 12.8 Å². The third-order valence-corrected chi connectivity index (χ3v) is 3.00. The summed E-state index contributed by atoms with van der Waals surface area (Å²) < 4.78 is 5.22. The lowest BCUT2D eigenvalue weighted by molar-refractivity contribution is -0.164. The molecule has 1 aliphatic rings. The quantitative estimate of drug-likeness (QED) is 0.679. The highest BCUT2D eigenvalue weighted by atomic mass is 16.5. The van der Waals surface area contributed by atoms with E-state index >= 15 is 0 Å². The Labute approximate surface area is 87.0 Å².